The summed E-state index contributed by atoms with van der Waals surface area (Å²) in [5.41, 5.74) is 7.74. The van der Waals surface area contributed by atoms with Crippen molar-refractivity contribution >= 4 is 37.9 Å². The van der Waals surface area contributed by atoms with E-state index in [4.69, 9.17) is 5.73 Å². The molecule has 3 aromatic heterocycles. The zero-order valence-corrected chi connectivity index (χ0v) is 11.4. The van der Waals surface area contributed by atoms with Gasteiger partial charge in [-0.1, -0.05) is 0 Å². The molecule has 0 aliphatic carbocycles. The van der Waals surface area contributed by atoms with Gasteiger partial charge in [0.25, 0.3) is 0 Å². The van der Waals surface area contributed by atoms with Gasteiger partial charge in [0, 0.05) is 15.5 Å². The van der Waals surface area contributed by atoms with Gasteiger partial charge in [0.1, 0.15) is 0 Å². The minimum atomic E-state index is 0.775. The number of anilines is 1. The first kappa shape index (κ1) is 10.7. The number of nitrogens with zero attached hydrogens (tertiary/aromatic N) is 3. The summed E-state index contributed by atoms with van der Waals surface area (Å²) in [6.07, 6.45) is 1.94. The molecule has 0 fully saturated rings. The van der Waals surface area contributed by atoms with Crippen LogP contribution in [0.25, 0.3) is 17.0 Å². The van der Waals surface area contributed by atoms with Gasteiger partial charge in [-0.3, -0.25) is 4.40 Å². The van der Waals surface area contributed by atoms with Crippen LogP contribution in [0.4, 0.5) is 5.00 Å². The number of aryl methyl sites for hydroxylation is 1. The molecule has 0 unspecified atom stereocenters. The quantitative estimate of drug-likeness (QED) is 0.751. The summed E-state index contributed by atoms with van der Waals surface area (Å²) in [6, 6.07) is 5.89. The molecule has 17 heavy (non-hydrogen) atoms. The largest absolute Gasteiger partial charge is 0.390 e. The monoisotopic (exact) mass is 308 g/mol. The maximum Gasteiger partial charge on any atom is 0.171 e. The van der Waals surface area contributed by atoms with Crippen LogP contribution in [-0.4, -0.2) is 14.6 Å². The Hall–Kier alpha value is -1.40. The molecule has 0 aliphatic rings. The second kappa shape index (κ2) is 3.82. The lowest BCUT2D eigenvalue weighted by Gasteiger charge is -1.99. The highest BCUT2D eigenvalue weighted by atomic mass is 79.9. The number of rotatable bonds is 1. The molecule has 4 nitrogen and oxygen atoms in total. The van der Waals surface area contributed by atoms with Crippen LogP contribution in [0.3, 0.4) is 0 Å². The number of thiophene rings is 1. The lowest BCUT2D eigenvalue weighted by Crippen LogP contribution is -1.91. The fraction of sp³-hybridized carbons (Fsp3) is 0.0909. The van der Waals surface area contributed by atoms with Crippen LogP contribution in [0.2, 0.25) is 0 Å². The highest BCUT2D eigenvalue weighted by Crippen LogP contribution is 2.32. The van der Waals surface area contributed by atoms with Gasteiger partial charge >= 0.3 is 0 Å². The smallest absolute Gasteiger partial charge is 0.171 e. The fourth-order valence-electron chi connectivity index (χ4n) is 1.76. The van der Waals surface area contributed by atoms with Gasteiger partial charge in [0.15, 0.2) is 11.5 Å². The molecule has 3 aromatic rings. The second-order valence-electron chi connectivity index (χ2n) is 3.73. The highest BCUT2D eigenvalue weighted by Gasteiger charge is 2.13. The number of aromatic nitrogens is 3. The summed E-state index contributed by atoms with van der Waals surface area (Å²) >= 11 is 5.01. The van der Waals surface area contributed by atoms with Gasteiger partial charge in [-0.15, -0.1) is 21.5 Å². The minimum absolute atomic E-state index is 0.775. The Morgan fingerprint density at radius 1 is 1.35 bits per heavy atom. The van der Waals surface area contributed by atoms with E-state index in [2.05, 4.69) is 26.1 Å². The summed E-state index contributed by atoms with van der Waals surface area (Å²) in [5.74, 6) is 0.781. The summed E-state index contributed by atoms with van der Waals surface area (Å²) in [6.45, 7) is 2.03. The van der Waals surface area contributed by atoms with E-state index in [1.165, 1.54) is 4.88 Å². The molecule has 0 bridgehead atoms. The third-order valence-electron chi connectivity index (χ3n) is 2.49. The first-order valence-corrected chi connectivity index (χ1v) is 6.62. The van der Waals surface area contributed by atoms with E-state index < -0.39 is 0 Å². The molecule has 0 amide bonds. The molecule has 86 valence electrons. The molecule has 3 heterocycles. The van der Waals surface area contributed by atoms with Crippen molar-refractivity contribution in [1.82, 2.24) is 14.6 Å². The Bertz CT molecular complexity index is 701. The Kier molecular flexibility index (Phi) is 2.41. The maximum atomic E-state index is 5.99. The van der Waals surface area contributed by atoms with Gasteiger partial charge in [0.2, 0.25) is 0 Å². The van der Waals surface area contributed by atoms with Crippen LogP contribution >= 0.6 is 27.3 Å². The van der Waals surface area contributed by atoms with Crippen LogP contribution in [0.5, 0.6) is 0 Å². The Balaban J connectivity index is 2.30. The molecule has 0 atom stereocenters. The molecule has 2 N–H and O–H groups in total. The predicted molar refractivity (Wildman–Crippen MR) is 73.1 cm³/mol. The van der Waals surface area contributed by atoms with E-state index in [1.54, 1.807) is 11.3 Å². The molecule has 6 heteroatoms. The van der Waals surface area contributed by atoms with Crippen molar-refractivity contribution in [3.63, 3.8) is 0 Å². The molecule has 0 saturated heterocycles. The van der Waals surface area contributed by atoms with E-state index in [0.29, 0.717) is 0 Å². The lowest BCUT2D eigenvalue weighted by molar-refractivity contribution is 1.11. The lowest BCUT2D eigenvalue weighted by atomic mass is 10.3. The third-order valence-corrected chi connectivity index (χ3v) is 3.84. The van der Waals surface area contributed by atoms with E-state index in [1.807, 2.05) is 35.7 Å². The zero-order valence-electron chi connectivity index (χ0n) is 9.01. The van der Waals surface area contributed by atoms with E-state index in [-0.39, 0.29) is 0 Å². The molecule has 0 spiro atoms. The van der Waals surface area contributed by atoms with E-state index in [9.17, 15) is 0 Å². The van der Waals surface area contributed by atoms with Crippen molar-refractivity contribution in [2.24, 2.45) is 0 Å². The topological polar surface area (TPSA) is 56.2 Å². The summed E-state index contributed by atoms with van der Waals surface area (Å²) in [4.78, 5) is 1.17. The molecule has 0 aromatic carbocycles. The summed E-state index contributed by atoms with van der Waals surface area (Å²) in [7, 11) is 0. The van der Waals surface area contributed by atoms with Crippen LogP contribution < -0.4 is 5.73 Å². The number of hydrogen-bond acceptors (Lipinski definition) is 4. The number of hydrogen-bond donors (Lipinski definition) is 1. The fourth-order valence-corrected chi connectivity index (χ4v) is 2.88. The van der Waals surface area contributed by atoms with Crippen molar-refractivity contribution in [3.8, 4) is 11.4 Å². The molecule has 0 radical (unpaired) electrons. The minimum Gasteiger partial charge on any atom is -0.390 e. The molecule has 0 saturated carbocycles. The van der Waals surface area contributed by atoms with Crippen molar-refractivity contribution in [1.29, 1.82) is 0 Å². The van der Waals surface area contributed by atoms with Gasteiger partial charge in [-0.05, 0) is 41.1 Å². The predicted octanol–water partition coefficient (Wildman–Crippen LogP) is 3.11. The second-order valence-corrected chi connectivity index (χ2v) is 5.94. The van der Waals surface area contributed by atoms with Crippen molar-refractivity contribution < 1.29 is 0 Å². The summed E-state index contributed by atoms with van der Waals surface area (Å²) in [5, 5.41) is 9.10. The van der Waals surface area contributed by atoms with Crippen LogP contribution in [0.15, 0.2) is 28.9 Å². The number of nitrogen functional groups attached to an aromatic ring is 1. The third kappa shape index (κ3) is 1.73. The molecular weight excluding hydrogens is 300 g/mol. The van der Waals surface area contributed by atoms with Gasteiger partial charge in [-0.2, -0.15) is 0 Å². The first-order valence-electron chi connectivity index (χ1n) is 5.02. The molecule has 0 aliphatic heterocycles. The van der Waals surface area contributed by atoms with Crippen LogP contribution in [0.1, 0.15) is 4.88 Å². The highest BCUT2D eigenvalue weighted by molar-refractivity contribution is 9.10. The van der Waals surface area contributed by atoms with E-state index >= 15 is 0 Å². The maximum absolute atomic E-state index is 5.99. The van der Waals surface area contributed by atoms with Crippen LogP contribution in [-0.2, 0) is 0 Å². The van der Waals surface area contributed by atoms with Gasteiger partial charge < -0.3 is 5.73 Å². The number of pyridine rings is 1. The van der Waals surface area contributed by atoms with Crippen molar-refractivity contribution in [3.05, 3.63) is 33.7 Å². The van der Waals surface area contributed by atoms with Crippen molar-refractivity contribution in [2.75, 3.05) is 5.73 Å². The van der Waals surface area contributed by atoms with E-state index in [0.717, 1.165) is 26.5 Å². The summed E-state index contributed by atoms with van der Waals surface area (Å²) < 4.78 is 2.92. The Morgan fingerprint density at radius 2 is 2.18 bits per heavy atom. The number of nitrogens with two attached hydrogens (primary N) is 1. The Morgan fingerprint density at radius 3 is 2.88 bits per heavy atom. The van der Waals surface area contributed by atoms with Crippen LogP contribution in [0, 0.1) is 6.92 Å². The number of fused-ring (bicyclic) bond motifs is 1. The van der Waals surface area contributed by atoms with Crippen molar-refractivity contribution in [2.45, 2.75) is 6.92 Å². The SMILES string of the molecule is Cc1cc(-c2nnc3ccc(Br)cn23)c(N)s1. The average molecular weight is 309 g/mol. The standard InChI is InChI=1S/C11H9BrN4S/c1-6-4-8(10(13)17-6)11-15-14-9-3-2-7(12)5-16(9)11/h2-5H,13H2,1H3. The molecule has 3 rings (SSSR count). The normalized spacial score (nSPS) is 11.2. The molecular formula is C11H9BrN4S. The number of halogens is 1. The van der Waals surface area contributed by atoms with Gasteiger partial charge in [-0.25, -0.2) is 0 Å². The first-order chi connectivity index (χ1) is 8.15. The van der Waals surface area contributed by atoms with Gasteiger partial charge in [0.05, 0.1) is 10.6 Å². The zero-order chi connectivity index (χ0) is 12.0. The Labute approximate surface area is 110 Å². The average Bonchev–Trinajstić information content (AvgIpc) is 2.81.